The van der Waals surface area contributed by atoms with Crippen LogP contribution >= 0.6 is 11.8 Å². The van der Waals surface area contributed by atoms with Crippen LogP contribution in [0.5, 0.6) is 0 Å². The number of carboxylic acids is 1. The van der Waals surface area contributed by atoms with E-state index in [2.05, 4.69) is 83.7 Å². The summed E-state index contributed by atoms with van der Waals surface area (Å²) in [7, 11) is 0. The van der Waals surface area contributed by atoms with E-state index in [1.165, 1.54) is 38.1 Å². The van der Waals surface area contributed by atoms with Crippen molar-refractivity contribution in [1.29, 1.82) is 0 Å². The number of hydrogen-bond acceptors (Lipinski definition) is 17. The molecule has 19 N–H and O–H groups in total. The SMILES string of the molecule is CC(C)C[C@@H]1NC(=O)[C@H](Cc2cnc[nH]2)NC(=O)[C@H](Cc2c[nH]c3ccccc23)NC(=O)[C@H](C)NC(=O)[C@@H](NC(C)(C)C)CCSCC[C@@H](C(=O)N[C@H](C(N)=O)[C@@H](C)O)NC(=O)[C@H](Cc2c[nH]c3ccccc23)NC(=O)[C@H](C(C)C)NC(=O)[C@H](CC(C)C)NC(=O)[C@H](CCC(=O)O)NC(=O)CNC1=O. The number of aliphatic carboxylic acids is 1. The van der Waals surface area contributed by atoms with Crippen molar-refractivity contribution in [3.05, 3.63) is 90.3 Å². The van der Waals surface area contributed by atoms with Gasteiger partial charge in [0.25, 0.3) is 0 Å². The van der Waals surface area contributed by atoms with Gasteiger partial charge in [-0.05, 0) is 119 Å². The van der Waals surface area contributed by atoms with Crippen LogP contribution in [0.15, 0.2) is 73.4 Å². The average Bonchev–Trinajstić information content (AvgIpc) is 1.63. The maximum atomic E-state index is 15.0. The number of carbonyl (C=O) groups is 13. The van der Waals surface area contributed by atoms with Gasteiger partial charge in [0.05, 0.1) is 25.0 Å². The molecule has 1 fully saturated rings. The lowest BCUT2D eigenvalue weighted by Gasteiger charge is -2.30. The number of nitrogens with two attached hydrogens (primary N) is 1. The molecule has 6 rings (SSSR count). The maximum absolute atomic E-state index is 15.0. The predicted octanol–water partition coefficient (Wildman–Crippen LogP) is 0.147. The summed E-state index contributed by atoms with van der Waals surface area (Å²) in [6.45, 7) is 17.7. The van der Waals surface area contributed by atoms with E-state index in [0.29, 0.717) is 27.7 Å². The van der Waals surface area contributed by atoms with Gasteiger partial charge >= 0.3 is 5.97 Å². The number of H-pyrrole nitrogens is 3. The minimum Gasteiger partial charge on any atom is -0.481 e. The van der Waals surface area contributed by atoms with Crippen LogP contribution in [0.1, 0.15) is 132 Å². The first-order valence-electron chi connectivity index (χ1n) is 35.0. The lowest BCUT2D eigenvalue weighted by atomic mass is 9.98. The van der Waals surface area contributed by atoms with Crippen molar-refractivity contribution in [1.82, 2.24) is 83.7 Å². The molecule has 32 nitrogen and oxygen atoms in total. The van der Waals surface area contributed by atoms with E-state index in [4.69, 9.17) is 5.73 Å². The number of aliphatic hydroxyl groups is 1. The molecule has 104 heavy (non-hydrogen) atoms. The fourth-order valence-corrected chi connectivity index (χ4v) is 12.8. The Bertz CT molecular complexity index is 3810. The number of rotatable bonds is 19. The van der Waals surface area contributed by atoms with Crippen molar-refractivity contribution in [2.45, 2.75) is 212 Å². The first-order chi connectivity index (χ1) is 49.1. The zero-order valence-corrected chi connectivity index (χ0v) is 61.5. The molecule has 0 aliphatic carbocycles. The van der Waals surface area contributed by atoms with Crippen molar-refractivity contribution in [3.8, 4) is 0 Å². The Hall–Kier alpha value is -9.89. The summed E-state index contributed by atoms with van der Waals surface area (Å²) in [5, 5.41) is 54.3. The first kappa shape index (κ1) is 83.1. The Morgan fingerprint density at radius 1 is 0.596 bits per heavy atom. The lowest BCUT2D eigenvalue weighted by Crippen LogP contribution is -2.61. The molecule has 12 atom stereocenters. The topological polar surface area (TPSA) is 493 Å². The molecule has 4 heterocycles. The minimum absolute atomic E-state index is 0.00872. The van der Waals surface area contributed by atoms with Crippen LogP contribution in [0.3, 0.4) is 0 Å². The molecule has 1 aliphatic heterocycles. The van der Waals surface area contributed by atoms with E-state index in [0.717, 1.165) is 10.9 Å². The number of benzene rings is 2. The second-order valence-electron chi connectivity index (χ2n) is 28.5. The third-order valence-corrected chi connectivity index (χ3v) is 18.3. The van der Waals surface area contributed by atoms with Crippen molar-refractivity contribution in [2.75, 3.05) is 18.1 Å². The number of amides is 12. The van der Waals surface area contributed by atoms with E-state index in [9.17, 15) is 72.5 Å². The van der Waals surface area contributed by atoms with Gasteiger partial charge in [0.2, 0.25) is 70.9 Å². The van der Waals surface area contributed by atoms with Gasteiger partial charge in [-0.25, -0.2) is 4.98 Å². The normalized spacial score (nSPS) is 23.6. The van der Waals surface area contributed by atoms with Crippen LogP contribution in [0.4, 0.5) is 0 Å². The van der Waals surface area contributed by atoms with Gasteiger partial charge in [-0.15, -0.1) is 0 Å². The van der Waals surface area contributed by atoms with Gasteiger partial charge in [-0.2, -0.15) is 11.8 Å². The van der Waals surface area contributed by atoms with Gasteiger partial charge in [-0.1, -0.05) is 77.9 Å². The number of hydrogen-bond donors (Lipinski definition) is 18. The summed E-state index contributed by atoms with van der Waals surface area (Å²) < 4.78 is 0. The van der Waals surface area contributed by atoms with Crippen LogP contribution in [0, 0.1) is 17.8 Å². The van der Waals surface area contributed by atoms with Crippen molar-refractivity contribution >= 4 is 110 Å². The smallest absolute Gasteiger partial charge is 0.303 e. The highest BCUT2D eigenvalue weighted by molar-refractivity contribution is 7.99. The highest BCUT2D eigenvalue weighted by Crippen LogP contribution is 2.23. The third kappa shape index (κ3) is 25.8. The van der Waals surface area contributed by atoms with Crippen molar-refractivity contribution in [2.24, 2.45) is 23.5 Å². The number of carbonyl (C=O) groups excluding carboxylic acids is 12. The Balaban J connectivity index is 1.39. The van der Waals surface area contributed by atoms with Crippen LogP contribution in [0.2, 0.25) is 0 Å². The van der Waals surface area contributed by atoms with Gasteiger partial charge in [0.15, 0.2) is 0 Å². The number of aromatic nitrogens is 4. The molecular weight excluding hydrogens is 1360 g/mol. The van der Waals surface area contributed by atoms with Crippen LogP contribution < -0.4 is 69.5 Å². The molecule has 0 spiro atoms. The molecule has 568 valence electrons. The Morgan fingerprint density at radius 3 is 1.62 bits per heavy atom. The number of fused-ring (bicyclic) bond motifs is 2. The van der Waals surface area contributed by atoms with Crippen LogP contribution in [-0.2, 0) is 81.6 Å². The molecule has 12 amide bonds. The van der Waals surface area contributed by atoms with E-state index in [-0.39, 0.29) is 68.3 Å². The van der Waals surface area contributed by atoms with E-state index in [1.54, 1.807) is 84.3 Å². The molecule has 33 heteroatoms. The number of nitrogens with zero attached hydrogens (tertiary/aromatic N) is 1. The highest BCUT2D eigenvalue weighted by Gasteiger charge is 2.38. The monoisotopic (exact) mass is 1470 g/mol. The van der Waals surface area contributed by atoms with Gasteiger partial charge in [0, 0.05) is 77.3 Å². The first-order valence-corrected chi connectivity index (χ1v) is 36.1. The van der Waals surface area contributed by atoms with Crippen molar-refractivity contribution in [3.63, 3.8) is 0 Å². The summed E-state index contributed by atoms with van der Waals surface area (Å²) in [4.78, 5) is 198. The van der Waals surface area contributed by atoms with E-state index >= 15 is 0 Å². The number of carboxylic acid groups (broad SMARTS) is 1. The van der Waals surface area contributed by atoms with Crippen LogP contribution in [0.25, 0.3) is 21.8 Å². The summed E-state index contributed by atoms with van der Waals surface area (Å²) in [6, 6.07) is -1.01. The predicted molar refractivity (Wildman–Crippen MR) is 389 cm³/mol. The number of thioether (sulfide) groups is 1. The average molecular weight is 1470 g/mol. The Kier molecular flexibility index (Phi) is 31.2. The number of para-hydroxylation sites is 2. The number of aliphatic hydroxyl groups excluding tert-OH is 1. The van der Waals surface area contributed by atoms with E-state index in [1.807, 2.05) is 39.0 Å². The quantitative estimate of drug-likeness (QED) is 0.0523. The summed E-state index contributed by atoms with van der Waals surface area (Å²) in [5.74, 6) is -12.7. The summed E-state index contributed by atoms with van der Waals surface area (Å²) in [6.07, 6.45) is 2.96. The number of primary amides is 1. The Labute approximate surface area is 607 Å². The molecule has 2 aromatic carbocycles. The molecule has 1 saturated heterocycles. The van der Waals surface area contributed by atoms with Crippen molar-refractivity contribution < 1.29 is 72.5 Å². The zero-order chi connectivity index (χ0) is 76.7. The molecule has 0 unspecified atom stereocenters. The third-order valence-electron chi connectivity index (χ3n) is 17.2. The lowest BCUT2D eigenvalue weighted by molar-refractivity contribution is -0.138. The van der Waals surface area contributed by atoms with Gasteiger partial charge < -0.3 is 94.7 Å². The van der Waals surface area contributed by atoms with E-state index < -0.39 is 180 Å². The highest BCUT2D eigenvalue weighted by atomic mass is 32.2. The largest absolute Gasteiger partial charge is 0.481 e. The summed E-state index contributed by atoms with van der Waals surface area (Å²) in [5.41, 5.74) is 7.92. The molecule has 0 saturated carbocycles. The zero-order valence-electron chi connectivity index (χ0n) is 60.7. The minimum atomic E-state index is -1.62. The second kappa shape index (κ2) is 39.1. The number of aromatic amines is 3. The standard InChI is InChI=1S/C71H103N17O15S/c1-36(2)26-51-62(95)76-34-56(90)79-48(20-21-57(91)92)63(96)83-52(27-37(3)4)69(102)86-58(38(5)6)70(103)85-54(29-42-32-75-47-19-15-13-17-45(42)47)66(99)80-49(64(97)87-59(40(8)89)60(72)93)22-24-104-25-23-50(88-71(9,10)11)65(98)78-39(7)61(94)81-53(28-41-31-74-46-18-14-12-16-44(41)46)67(100)84-55(68(101)82-51)30-43-33-73-35-77-43/h12-19,31-33,35-40,48-55,58-59,74-75,88-89H,20-30,34H2,1-11H3,(H2,72,93)(H,73,77)(H,76,95)(H,78,98)(H,79,90)(H,80,99)(H,81,94)(H,82,101)(H,83,96)(H,84,100)(H,85,103)(H,86,102)(H,87,97)(H,91,92)/t39-,40+,48-,49-,50-,51-,52-,53-,54-,55-,58-,59-/m0/s1. The second-order valence-corrected chi connectivity index (χ2v) is 29.8. The fourth-order valence-electron chi connectivity index (χ4n) is 11.8. The maximum Gasteiger partial charge on any atom is 0.303 e. The van der Waals surface area contributed by atoms with Gasteiger partial charge in [-0.3, -0.25) is 62.3 Å². The fraction of sp³-hybridized carbons (Fsp3) is 0.549. The molecule has 0 radical (unpaired) electrons. The molecule has 0 bridgehead atoms. The van der Waals surface area contributed by atoms with Crippen LogP contribution in [-0.4, -0.2) is 203 Å². The van der Waals surface area contributed by atoms with Gasteiger partial charge in [0.1, 0.15) is 60.4 Å². The molecule has 3 aromatic heterocycles. The Morgan fingerprint density at radius 2 is 1.10 bits per heavy atom. The summed E-state index contributed by atoms with van der Waals surface area (Å²) >= 11 is 1.28. The number of nitrogens with one attached hydrogen (secondary N) is 15. The molecular formula is C71H103N17O15S. The molecule has 5 aromatic rings. The molecule has 1 aliphatic rings. The number of imidazole rings is 1.